The molecule has 1 aliphatic rings. The van der Waals surface area contributed by atoms with Crippen LogP contribution in [-0.4, -0.2) is 48.1 Å². The van der Waals surface area contributed by atoms with E-state index in [1.165, 1.54) is 15.7 Å². The van der Waals surface area contributed by atoms with E-state index in [1.807, 2.05) is 6.92 Å². The Labute approximate surface area is 153 Å². The lowest BCUT2D eigenvalue weighted by Gasteiger charge is -2.23. The number of carbonyl (C=O) groups is 1. The van der Waals surface area contributed by atoms with Gasteiger partial charge in [0.05, 0.1) is 5.69 Å². The second kappa shape index (κ2) is 7.49. The quantitative estimate of drug-likeness (QED) is 0.543. The molecule has 0 radical (unpaired) electrons. The third-order valence-electron chi connectivity index (χ3n) is 4.10. The molecule has 1 saturated carbocycles. The summed E-state index contributed by atoms with van der Waals surface area (Å²) >= 11 is 2.26. The Balaban J connectivity index is 1.96. The number of alkyl halides is 1. The Bertz CT molecular complexity index is 716. The normalized spacial score (nSPS) is 16.4. The molecule has 2 aromatic rings. The third-order valence-corrected chi connectivity index (χ3v) is 5.60. The van der Waals surface area contributed by atoms with Crippen molar-refractivity contribution in [2.45, 2.75) is 38.7 Å². The molecule has 0 saturated heterocycles. The van der Waals surface area contributed by atoms with Crippen LogP contribution < -0.4 is 9.64 Å². The van der Waals surface area contributed by atoms with E-state index in [4.69, 9.17) is 4.74 Å². The second-order valence-corrected chi connectivity index (χ2v) is 7.02. The van der Waals surface area contributed by atoms with Gasteiger partial charge in [-0.15, -0.1) is 15.3 Å². The maximum atomic E-state index is 11.8. The molecular formula is C15H20IN5O3. The second-order valence-electron chi connectivity index (χ2n) is 6.14. The Hall–Kier alpha value is -1.65. The fraction of sp³-hybridized carbons (Fsp3) is 0.600. The first kappa shape index (κ1) is 17.2. The highest BCUT2D eigenvalue weighted by atomic mass is 127. The van der Waals surface area contributed by atoms with Gasteiger partial charge in [-0.1, -0.05) is 29.5 Å². The summed E-state index contributed by atoms with van der Waals surface area (Å²) in [4.78, 5) is 13.1. The summed E-state index contributed by atoms with van der Waals surface area (Å²) in [5.41, 5.74) is 0.872. The van der Waals surface area contributed by atoms with Crippen molar-refractivity contribution in [1.82, 2.24) is 19.8 Å². The van der Waals surface area contributed by atoms with Crippen molar-refractivity contribution in [2.24, 2.45) is 5.92 Å². The van der Waals surface area contributed by atoms with Crippen LogP contribution in [-0.2, 0) is 0 Å². The van der Waals surface area contributed by atoms with Crippen molar-refractivity contribution in [1.29, 1.82) is 0 Å². The molecule has 0 bridgehead atoms. The van der Waals surface area contributed by atoms with E-state index in [0.717, 1.165) is 30.1 Å². The lowest BCUT2D eigenvalue weighted by molar-refractivity contribution is 0.197. The number of hydrogen-bond donors (Lipinski definition) is 1. The number of anilines is 1. The predicted octanol–water partition coefficient (Wildman–Crippen LogP) is 3.00. The van der Waals surface area contributed by atoms with Crippen molar-refractivity contribution in [3.8, 4) is 5.88 Å². The smallest absolute Gasteiger partial charge is 0.411 e. The van der Waals surface area contributed by atoms with Crippen molar-refractivity contribution in [3.63, 3.8) is 0 Å². The fourth-order valence-electron chi connectivity index (χ4n) is 2.86. The molecule has 0 aromatic carbocycles. The maximum absolute atomic E-state index is 11.8. The summed E-state index contributed by atoms with van der Waals surface area (Å²) < 4.78 is 8.28. The van der Waals surface area contributed by atoms with Crippen molar-refractivity contribution in [2.75, 3.05) is 15.9 Å². The van der Waals surface area contributed by atoms with Crippen LogP contribution in [0.3, 0.4) is 0 Å². The van der Waals surface area contributed by atoms with Gasteiger partial charge in [0.2, 0.25) is 11.5 Å². The van der Waals surface area contributed by atoms with E-state index in [2.05, 4.69) is 37.9 Å². The number of ether oxygens (including phenoxy) is 1. The zero-order valence-corrected chi connectivity index (χ0v) is 15.6. The molecule has 0 spiro atoms. The standard InChI is InChI=1S/C15H20IN5O3/c1-10(7-16)8-20(15(22)23)12-6-13(24-11-4-2-3-5-11)19-21-9-17-18-14(12)21/h6,9-11H,2-5,7-8H2,1H3,(H,22,23). The number of amides is 1. The average molecular weight is 445 g/mol. The molecule has 8 nitrogen and oxygen atoms in total. The van der Waals surface area contributed by atoms with Crippen LogP contribution in [0.2, 0.25) is 0 Å². The van der Waals surface area contributed by atoms with Crippen molar-refractivity contribution in [3.05, 3.63) is 12.4 Å². The molecule has 1 unspecified atom stereocenters. The van der Waals surface area contributed by atoms with Crippen LogP contribution in [0, 0.1) is 5.92 Å². The first-order valence-corrected chi connectivity index (χ1v) is 9.55. The largest absolute Gasteiger partial charge is 0.473 e. The van der Waals surface area contributed by atoms with Crippen LogP contribution in [0.25, 0.3) is 5.65 Å². The minimum absolute atomic E-state index is 0.144. The monoisotopic (exact) mass is 445 g/mol. The van der Waals surface area contributed by atoms with Crippen LogP contribution in [0.5, 0.6) is 5.88 Å². The van der Waals surface area contributed by atoms with Gasteiger partial charge in [0.1, 0.15) is 12.4 Å². The van der Waals surface area contributed by atoms with Gasteiger partial charge in [0.15, 0.2) is 0 Å². The average Bonchev–Trinajstić information content (AvgIpc) is 3.22. The van der Waals surface area contributed by atoms with Gasteiger partial charge in [-0.25, -0.2) is 4.79 Å². The highest BCUT2D eigenvalue weighted by molar-refractivity contribution is 14.1. The van der Waals surface area contributed by atoms with Crippen LogP contribution in [0.1, 0.15) is 32.6 Å². The number of carboxylic acid groups (broad SMARTS) is 1. The minimum Gasteiger partial charge on any atom is -0.473 e. The molecule has 1 aliphatic carbocycles. The van der Waals surface area contributed by atoms with E-state index in [-0.39, 0.29) is 12.0 Å². The van der Waals surface area contributed by atoms with Crippen molar-refractivity contribution < 1.29 is 14.6 Å². The van der Waals surface area contributed by atoms with E-state index >= 15 is 0 Å². The van der Waals surface area contributed by atoms with Gasteiger partial charge in [0, 0.05) is 17.0 Å². The van der Waals surface area contributed by atoms with Crippen LogP contribution >= 0.6 is 22.6 Å². The fourth-order valence-corrected chi connectivity index (χ4v) is 3.14. The molecule has 9 heteroatoms. The summed E-state index contributed by atoms with van der Waals surface area (Å²) in [7, 11) is 0. The number of fused-ring (bicyclic) bond motifs is 1. The number of halogens is 1. The van der Waals surface area contributed by atoms with Gasteiger partial charge in [-0.2, -0.15) is 4.52 Å². The molecular weight excluding hydrogens is 425 g/mol. The molecule has 3 rings (SSSR count). The molecule has 2 heterocycles. The van der Waals surface area contributed by atoms with Crippen LogP contribution in [0.4, 0.5) is 10.5 Å². The van der Waals surface area contributed by atoms with Gasteiger partial charge in [0.25, 0.3) is 0 Å². The van der Waals surface area contributed by atoms with Gasteiger partial charge >= 0.3 is 6.09 Å². The molecule has 1 N–H and O–H groups in total. The molecule has 0 aliphatic heterocycles. The Morgan fingerprint density at radius 1 is 1.54 bits per heavy atom. The third kappa shape index (κ3) is 3.70. The van der Waals surface area contributed by atoms with E-state index in [9.17, 15) is 9.90 Å². The summed E-state index contributed by atoms with van der Waals surface area (Å²) in [6.45, 7) is 2.40. The van der Waals surface area contributed by atoms with Crippen LogP contribution in [0.15, 0.2) is 12.4 Å². The highest BCUT2D eigenvalue weighted by Crippen LogP contribution is 2.28. The van der Waals surface area contributed by atoms with E-state index in [0.29, 0.717) is 23.8 Å². The molecule has 1 amide bonds. The molecule has 1 atom stereocenters. The first-order valence-electron chi connectivity index (χ1n) is 8.02. The number of nitrogens with zero attached hydrogens (tertiary/aromatic N) is 5. The van der Waals surface area contributed by atoms with Gasteiger partial charge in [-0.3, -0.25) is 4.90 Å². The molecule has 24 heavy (non-hydrogen) atoms. The highest BCUT2D eigenvalue weighted by Gasteiger charge is 2.24. The van der Waals surface area contributed by atoms with E-state index < -0.39 is 6.09 Å². The van der Waals surface area contributed by atoms with Gasteiger partial charge in [-0.05, 0) is 31.6 Å². The van der Waals surface area contributed by atoms with Crippen molar-refractivity contribution >= 4 is 40.0 Å². The Morgan fingerprint density at radius 2 is 2.29 bits per heavy atom. The zero-order valence-electron chi connectivity index (χ0n) is 13.4. The lowest BCUT2D eigenvalue weighted by Crippen LogP contribution is -2.34. The summed E-state index contributed by atoms with van der Waals surface area (Å²) in [6.07, 6.45) is 4.90. The summed E-state index contributed by atoms with van der Waals surface area (Å²) in [6, 6.07) is 1.66. The molecule has 2 aromatic heterocycles. The first-order chi connectivity index (χ1) is 11.6. The molecule has 130 valence electrons. The zero-order chi connectivity index (χ0) is 17.1. The SMILES string of the molecule is CC(CI)CN(C(=O)O)c1cc(OC2CCCC2)nn2cnnc12. The molecule has 1 fully saturated rings. The maximum Gasteiger partial charge on any atom is 0.411 e. The number of aromatic nitrogens is 4. The lowest BCUT2D eigenvalue weighted by atomic mass is 10.2. The Kier molecular flexibility index (Phi) is 5.36. The number of rotatable bonds is 6. The van der Waals surface area contributed by atoms with E-state index in [1.54, 1.807) is 6.07 Å². The minimum atomic E-state index is -1.02. The Morgan fingerprint density at radius 3 is 2.96 bits per heavy atom. The summed E-state index contributed by atoms with van der Waals surface area (Å²) in [5.74, 6) is 0.634. The predicted molar refractivity (Wildman–Crippen MR) is 97.1 cm³/mol. The number of hydrogen-bond acceptors (Lipinski definition) is 5. The topological polar surface area (TPSA) is 92.9 Å². The summed E-state index contributed by atoms with van der Waals surface area (Å²) in [5, 5.41) is 21.9. The van der Waals surface area contributed by atoms with Gasteiger partial charge < -0.3 is 9.84 Å².